The highest BCUT2D eigenvalue weighted by Crippen LogP contribution is 2.12. The van der Waals surface area contributed by atoms with Gasteiger partial charge in [-0.1, -0.05) is 51.9 Å². The van der Waals surface area contributed by atoms with Crippen molar-refractivity contribution in [1.82, 2.24) is 0 Å². The summed E-state index contributed by atoms with van der Waals surface area (Å²) in [6, 6.07) is 0. The molecule has 0 saturated carbocycles. The lowest BCUT2D eigenvalue weighted by molar-refractivity contribution is -0.131. The molecule has 0 heterocycles. The van der Waals surface area contributed by atoms with E-state index in [1.54, 1.807) is 0 Å². The second-order valence-corrected chi connectivity index (χ2v) is 4.60. The number of aliphatic carboxylic acids is 1. The minimum Gasteiger partial charge on any atom is -0.478 e. The Balaban J connectivity index is 3.63. The molecule has 18 heavy (non-hydrogen) atoms. The summed E-state index contributed by atoms with van der Waals surface area (Å²) in [5, 5.41) is 8.57. The molecular weight excluding hydrogens is 230 g/mol. The molecule has 4 heteroatoms. The second kappa shape index (κ2) is 10.8. The SMILES string of the molecule is CCCCCCCCCC/C(=C/C(=O)O)C(N)=O. The van der Waals surface area contributed by atoms with Gasteiger partial charge in [0.2, 0.25) is 5.91 Å². The normalized spacial score (nSPS) is 11.5. The van der Waals surface area contributed by atoms with Gasteiger partial charge in [0.05, 0.1) is 0 Å². The Morgan fingerprint density at radius 2 is 1.50 bits per heavy atom. The van der Waals surface area contributed by atoms with Crippen LogP contribution in [-0.2, 0) is 9.59 Å². The quantitative estimate of drug-likeness (QED) is 0.440. The van der Waals surface area contributed by atoms with E-state index in [9.17, 15) is 9.59 Å². The van der Waals surface area contributed by atoms with Gasteiger partial charge in [-0.15, -0.1) is 0 Å². The van der Waals surface area contributed by atoms with Gasteiger partial charge in [0, 0.05) is 11.6 Å². The molecular formula is C14H25NO3. The molecule has 0 bridgehead atoms. The number of carbonyl (C=O) groups excluding carboxylic acids is 1. The Morgan fingerprint density at radius 1 is 1.00 bits per heavy atom. The number of rotatable bonds is 11. The van der Waals surface area contributed by atoms with Gasteiger partial charge in [-0.3, -0.25) is 4.79 Å². The van der Waals surface area contributed by atoms with Crippen LogP contribution >= 0.6 is 0 Å². The van der Waals surface area contributed by atoms with Crippen molar-refractivity contribution in [1.29, 1.82) is 0 Å². The van der Waals surface area contributed by atoms with Crippen molar-refractivity contribution in [3.8, 4) is 0 Å². The number of nitrogens with two attached hydrogens (primary N) is 1. The minimum atomic E-state index is -1.11. The summed E-state index contributed by atoms with van der Waals surface area (Å²) in [4.78, 5) is 21.4. The van der Waals surface area contributed by atoms with Crippen molar-refractivity contribution >= 4 is 11.9 Å². The number of carboxylic acids is 1. The molecule has 0 aliphatic heterocycles. The van der Waals surface area contributed by atoms with Gasteiger partial charge in [0.15, 0.2) is 0 Å². The van der Waals surface area contributed by atoms with Crippen LogP contribution < -0.4 is 5.73 Å². The van der Waals surface area contributed by atoms with Crippen molar-refractivity contribution in [3.63, 3.8) is 0 Å². The lowest BCUT2D eigenvalue weighted by Gasteiger charge is -2.03. The zero-order chi connectivity index (χ0) is 13.8. The predicted octanol–water partition coefficient (Wildman–Crippen LogP) is 3.01. The third kappa shape index (κ3) is 9.87. The van der Waals surface area contributed by atoms with Crippen molar-refractivity contribution in [2.75, 3.05) is 0 Å². The van der Waals surface area contributed by atoms with Gasteiger partial charge in [-0.05, 0) is 12.8 Å². The number of amides is 1. The molecule has 0 unspecified atom stereocenters. The molecule has 4 nitrogen and oxygen atoms in total. The Bertz CT molecular complexity index is 285. The molecule has 0 fully saturated rings. The van der Waals surface area contributed by atoms with Crippen LogP contribution in [0.4, 0.5) is 0 Å². The van der Waals surface area contributed by atoms with E-state index in [2.05, 4.69) is 6.92 Å². The first-order valence-corrected chi connectivity index (χ1v) is 6.81. The fourth-order valence-corrected chi connectivity index (χ4v) is 1.86. The number of unbranched alkanes of at least 4 members (excludes halogenated alkanes) is 7. The zero-order valence-electron chi connectivity index (χ0n) is 11.3. The molecule has 0 aromatic carbocycles. The Labute approximate surface area is 109 Å². The second-order valence-electron chi connectivity index (χ2n) is 4.60. The minimum absolute atomic E-state index is 0.216. The van der Waals surface area contributed by atoms with Crippen molar-refractivity contribution < 1.29 is 14.7 Å². The number of carbonyl (C=O) groups is 2. The fourth-order valence-electron chi connectivity index (χ4n) is 1.86. The van der Waals surface area contributed by atoms with Gasteiger partial charge < -0.3 is 10.8 Å². The number of hydrogen-bond acceptors (Lipinski definition) is 2. The Morgan fingerprint density at radius 3 is 1.94 bits per heavy atom. The van der Waals surface area contributed by atoms with E-state index in [4.69, 9.17) is 10.8 Å². The Hall–Kier alpha value is -1.32. The summed E-state index contributed by atoms with van der Waals surface area (Å²) in [5.74, 6) is -1.73. The average Bonchev–Trinajstić information content (AvgIpc) is 2.30. The maximum absolute atomic E-state index is 11.0. The first-order chi connectivity index (χ1) is 8.57. The van der Waals surface area contributed by atoms with Crippen LogP contribution in [0.25, 0.3) is 0 Å². The third-order valence-electron chi connectivity index (χ3n) is 2.91. The summed E-state index contributed by atoms with van der Waals surface area (Å²) in [7, 11) is 0. The van der Waals surface area contributed by atoms with Crippen LogP contribution in [0.1, 0.15) is 64.7 Å². The van der Waals surface area contributed by atoms with Crippen LogP contribution in [0, 0.1) is 0 Å². The molecule has 0 spiro atoms. The van der Waals surface area contributed by atoms with Crippen LogP contribution in [0.5, 0.6) is 0 Å². The lowest BCUT2D eigenvalue weighted by Crippen LogP contribution is -2.15. The van der Waals surface area contributed by atoms with E-state index in [1.807, 2.05) is 0 Å². The monoisotopic (exact) mass is 255 g/mol. The smallest absolute Gasteiger partial charge is 0.328 e. The summed E-state index contributed by atoms with van der Waals surface area (Å²) < 4.78 is 0. The summed E-state index contributed by atoms with van der Waals surface area (Å²) in [6.07, 6.45) is 10.7. The number of carboxylic acid groups (broad SMARTS) is 1. The van der Waals surface area contributed by atoms with Crippen LogP contribution in [0.15, 0.2) is 11.6 Å². The van der Waals surface area contributed by atoms with Gasteiger partial charge in [0.1, 0.15) is 0 Å². The van der Waals surface area contributed by atoms with Crippen LogP contribution in [0.2, 0.25) is 0 Å². The zero-order valence-corrected chi connectivity index (χ0v) is 11.3. The molecule has 0 rings (SSSR count). The third-order valence-corrected chi connectivity index (χ3v) is 2.91. The largest absolute Gasteiger partial charge is 0.478 e. The van der Waals surface area contributed by atoms with Gasteiger partial charge in [0.25, 0.3) is 0 Å². The van der Waals surface area contributed by atoms with E-state index in [0.29, 0.717) is 6.42 Å². The highest BCUT2D eigenvalue weighted by atomic mass is 16.4. The van der Waals surface area contributed by atoms with E-state index in [1.165, 1.54) is 32.1 Å². The van der Waals surface area contributed by atoms with Crippen molar-refractivity contribution in [3.05, 3.63) is 11.6 Å². The van der Waals surface area contributed by atoms with E-state index in [0.717, 1.165) is 25.3 Å². The maximum atomic E-state index is 11.0. The van der Waals surface area contributed by atoms with E-state index >= 15 is 0 Å². The highest BCUT2D eigenvalue weighted by molar-refractivity contribution is 5.97. The van der Waals surface area contributed by atoms with Crippen LogP contribution in [-0.4, -0.2) is 17.0 Å². The lowest BCUT2D eigenvalue weighted by atomic mass is 10.0. The molecule has 0 aromatic heterocycles. The van der Waals surface area contributed by atoms with Gasteiger partial charge in [-0.25, -0.2) is 4.79 Å². The predicted molar refractivity (Wildman–Crippen MR) is 72.1 cm³/mol. The fraction of sp³-hybridized carbons (Fsp3) is 0.714. The molecule has 3 N–H and O–H groups in total. The number of primary amides is 1. The summed E-state index contributed by atoms with van der Waals surface area (Å²) in [5.41, 5.74) is 5.33. The van der Waals surface area contributed by atoms with E-state index < -0.39 is 11.9 Å². The van der Waals surface area contributed by atoms with Crippen molar-refractivity contribution in [2.45, 2.75) is 64.7 Å². The van der Waals surface area contributed by atoms with Crippen molar-refractivity contribution in [2.24, 2.45) is 5.73 Å². The summed E-state index contributed by atoms with van der Waals surface area (Å²) in [6.45, 7) is 2.19. The van der Waals surface area contributed by atoms with Crippen LogP contribution in [0.3, 0.4) is 0 Å². The molecule has 0 aliphatic carbocycles. The topological polar surface area (TPSA) is 80.4 Å². The van der Waals surface area contributed by atoms with Gasteiger partial charge >= 0.3 is 5.97 Å². The molecule has 104 valence electrons. The standard InChI is InChI=1S/C14H25NO3/c1-2-3-4-5-6-7-8-9-10-12(14(15)18)11-13(16)17/h11H,2-10H2,1H3,(H2,15,18)(H,16,17)/b12-11-. The molecule has 0 aromatic rings. The van der Waals surface area contributed by atoms with Gasteiger partial charge in [-0.2, -0.15) is 0 Å². The molecule has 0 aliphatic rings. The summed E-state index contributed by atoms with van der Waals surface area (Å²) >= 11 is 0. The highest BCUT2D eigenvalue weighted by Gasteiger charge is 2.06. The molecule has 0 radical (unpaired) electrons. The Kier molecular flexibility index (Phi) is 10.0. The first-order valence-electron chi connectivity index (χ1n) is 6.81. The molecule has 0 saturated heterocycles. The van der Waals surface area contributed by atoms with E-state index in [-0.39, 0.29) is 5.57 Å². The molecule has 0 atom stereocenters. The maximum Gasteiger partial charge on any atom is 0.328 e. The first kappa shape index (κ1) is 16.7. The molecule has 1 amide bonds. The average molecular weight is 255 g/mol. The number of hydrogen-bond donors (Lipinski definition) is 2.